The molecule has 156 valence electrons. The second-order valence-electron chi connectivity index (χ2n) is 8.27. The number of hydrogen-bond donors (Lipinski definition) is 2. The molecular formula is C17H22F6O4. The van der Waals surface area contributed by atoms with Crippen molar-refractivity contribution in [3.05, 3.63) is 0 Å². The SMILES string of the molecule is CC1C(C)C2CC1C1CC(C(OCC(=O)O)(C(F)(F)F)C(F)(F)F)C(O)C21. The van der Waals surface area contributed by atoms with Crippen molar-refractivity contribution in [2.45, 2.75) is 50.7 Å². The molecule has 3 saturated carbocycles. The Bertz CT molecular complexity index is 589. The van der Waals surface area contributed by atoms with E-state index < -0.39 is 60.8 Å². The Labute approximate surface area is 151 Å². The minimum Gasteiger partial charge on any atom is -0.480 e. The van der Waals surface area contributed by atoms with E-state index in [4.69, 9.17) is 5.11 Å². The Morgan fingerprint density at radius 3 is 1.96 bits per heavy atom. The molecule has 0 aromatic heterocycles. The maximum Gasteiger partial charge on any atom is 0.426 e. The Kier molecular flexibility index (Phi) is 4.78. The van der Waals surface area contributed by atoms with Crippen LogP contribution in [0.3, 0.4) is 0 Å². The summed E-state index contributed by atoms with van der Waals surface area (Å²) < 4.78 is 86.5. The van der Waals surface area contributed by atoms with Crippen LogP contribution in [0.5, 0.6) is 0 Å². The van der Waals surface area contributed by atoms with Crippen LogP contribution in [0.2, 0.25) is 0 Å². The third-order valence-electron chi connectivity index (χ3n) is 7.38. The molecule has 3 aliphatic rings. The zero-order valence-electron chi connectivity index (χ0n) is 14.7. The van der Waals surface area contributed by atoms with Crippen LogP contribution in [0.15, 0.2) is 0 Å². The van der Waals surface area contributed by atoms with Crippen molar-refractivity contribution < 1.29 is 46.1 Å². The highest BCUT2D eigenvalue weighted by Gasteiger charge is 2.79. The lowest BCUT2D eigenvalue weighted by Crippen LogP contribution is -2.65. The average molecular weight is 404 g/mol. The molecule has 10 heteroatoms. The van der Waals surface area contributed by atoms with Crippen LogP contribution in [0, 0.1) is 41.4 Å². The van der Waals surface area contributed by atoms with Crippen molar-refractivity contribution in [1.29, 1.82) is 0 Å². The van der Waals surface area contributed by atoms with Crippen molar-refractivity contribution in [1.82, 2.24) is 0 Å². The second-order valence-corrected chi connectivity index (χ2v) is 8.27. The fourth-order valence-corrected chi connectivity index (χ4v) is 6.17. The van der Waals surface area contributed by atoms with Gasteiger partial charge in [-0.15, -0.1) is 0 Å². The largest absolute Gasteiger partial charge is 0.480 e. The molecule has 27 heavy (non-hydrogen) atoms. The van der Waals surface area contributed by atoms with E-state index in [1.165, 1.54) is 0 Å². The maximum atomic E-state index is 13.7. The minimum atomic E-state index is -5.92. The fraction of sp³-hybridized carbons (Fsp3) is 0.941. The third-order valence-corrected chi connectivity index (χ3v) is 7.38. The van der Waals surface area contributed by atoms with Gasteiger partial charge in [0.05, 0.1) is 6.10 Å². The van der Waals surface area contributed by atoms with Crippen LogP contribution in [-0.4, -0.2) is 46.8 Å². The summed E-state index contributed by atoms with van der Waals surface area (Å²) in [5, 5.41) is 19.2. The average Bonchev–Trinajstić information content (AvgIpc) is 3.10. The molecule has 8 unspecified atom stereocenters. The number of alkyl halides is 6. The number of carboxylic acid groups (broad SMARTS) is 1. The number of aliphatic carboxylic acids is 1. The van der Waals surface area contributed by atoms with E-state index in [1.54, 1.807) is 0 Å². The van der Waals surface area contributed by atoms with Gasteiger partial charge in [0.25, 0.3) is 5.60 Å². The predicted octanol–water partition coefficient (Wildman–Crippen LogP) is 3.49. The molecule has 0 amide bonds. The number of fused-ring (bicyclic) bond motifs is 5. The molecule has 0 aromatic rings. The van der Waals surface area contributed by atoms with Gasteiger partial charge in [-0.2, -0.15) is 26.3 Å². The molecule has 2 N–H and O–H groups in total. The minimum absolute atomic E-state index is 0.0340. The van der Waals surface area contributed by atoms with Gasteiger partial charge in [-0.25, -0.2) is 4.79 Å². The number of carboxylic acids is 1. The smallest absolute Gasteiger partial charge is 0.426 e. The molecule has 4 nitrogen and oxygen atoms in total. The Morgan fingerprint density at radius 1 is 0.963 bits per heavy atom. The molecule has 0 aromatic carbocycles. The van der Waals surface area contributed by atoms with E-state index >= 15 is 0 Å². The van der Waals surface area contributed by atoms with Gasteiger partial charge in [-0.3, -0.25) is 0 Å². The van der Waals surface area contributed by atoms with Crippen LogP contribution in [0.1, 0.15) is 26.7 Å². The van der Waals surface area contributed by atoms with Gasteiger partial charge in [-0.05, 0) is 48.3 Å². The topological polar surface area (TPSA) is 66.8 Å². The highest BCUT2D eigenvalue weighted by atomic mass is 19.4. The molecule has 2 bridgehead atoms. The van der Waals surface area contributed by atoms with Gasteiger partial charge in [0.1, 0.15) is 6.61 Å². The Balaban J connectivity index is 2.02. The van der Waals surface area contributed by atoms with Crippen LogP contribution >= 0.6 is 0 Å². The van der Waals surface area contributed by atoms with Crippen molar-refractivity contribution in [2.75, 3.05) is 6.61 Å². The van der Waals surface area contributed by atoms with Gasteiger partial charge in [0.15, 0.2) is 0 Å². The lowest BCUT2D eigenvalue weighted by atomic mass is 9.70. The monoisotopic (exact) mass is 404 g/mol. The van der Waals surface area contributed by atoms with Crippen LogP contribution < -0.4 is 0 Å². The first kappa shape index (κ1) is 20.7. The Morgan fingerprint density at radius 2 is 1.48 bits per heavy atom. The normalized spacial score (nSPS) is 41.8. The van der Waals surface area contributed by atoms with Crippen molar-refractivity contribution >= 4 is 5.97 Å². The van der Waals surface area contributed by atoms with Crippen molar-refractivity contribution in [3.63, 3.8) is 0 Å². The first-order chi connectivity index (χ1) is 12.2. The molecule has 0 radical (unpaired) electrons. The first-order valence-corrected chi connectivity index (χ1v) is 8.91. The number of halogens is 6. The summed E-state index contributed by atoms with van der Waals surface area (Å²) >= 11 is 0. The number of carbonyl (C=O) groups is 1. The number of aliphatic hydroxyl groups excluding tert-OH is 1. The number of hydrogen-bond acceptors (Lipinski definition) is 3. The molecular weight excluding hydrogens is 382 g/mol. The summed E-state index contributed by atoms with van der Waals surface area (Å²) in [7, 11) is 0. The highest BCUT2D eigenvalue weighted by molar-refractivity contribution is 5.68. The van der Waals surface area contributed by atoms with Gasteiger partial charge in [0, 0.05) is 5.92 Å². The third kappa shape index (κ3) is 2.77. The standard InChI is InChI=1S/C17H22F6O4/c1-6-7(2)9-3-8(6)10-4-11(14(26)13(9)10)15(16(18,19)20,17(21,22)23)27-5-12(24)25/h6-11,13-14,26H,3-5H2,1-2H3,(H,24,25). The van der Waals surface area contributed by atoms with E-state index in [1.807, 2.05) is 13.8 Å². The molecule has 3 fully saturated rings. The van der Waals surface area contributed by atoms with E-state index in [9.17, 15) is 36.2 Å². The Hall–Kier alpha value is -1.03. The molecule has 0 aliphatic heterocycles. The van der Waals surface area contributed by atoms with Crippen LogP contribution in [0.25, 0.3) is 0 Å². The van der Waals surface area contributed by atoms with Crippen LogP contribution in [0.4, 0.5) is 26.3 Å². The molecule has 0 spiro atoms. The lowest BCUT2D eigenvalue weighted by Gasteiger charge is -2.43. The molecule has 8 atom stereocenters. The number of ether oxygens (including phenoxy) is 1. The van der Waals surface area contributed by atoms with Crippen LogP contribution in [-0.2, 0) is 9.53 Å². The molecule has 3 aliphatic carbocycles. The quantitative estimate of drug-likeness (QED) is 0.704. The molecule has 0 heterocycles. The number of rotatable bonds is 4. The highest BCUT2D eigenvalue weighted by Crippen LogP contribution is 2.67. The van der Waals surface area contributed by atoms with E-state index in [0.717, 1.165) is 0 Å². The zero-order valence-corrected chi connectivity index (χ0v) is 14.7. The van der Waals surface area contributed by atoms with E-state index in [-0.39, 0.29) is 23.7 Å². The van der Waals surface area contributed by atoms with Gasteiger partial charge in [-0.1, -0.05) is 13.8 Å². The summed E-state index contributed by atoms with van der Waals surface area (Å²) in [6.07, 6.45) is -13.5. The predicted molar refractivity (Wildman–Crippen MR) is 79.4 cm³/mol. The summed E-state index contributed by atoms with van der Waals surface area (Å²) in [6, 6.07) is 0. The van der Waals surface area contributed by atoms with Gasteiger partial charge >= 0.3 is 18.3 Å². The number of aliphatic hydroxyl groups is 1. The zero-order chi connectivity index (χ0) is 20.5. The fourth-order valence-electron chi connectivity index (χ4n) is 6.17. The molecule has 3 rings (SSSR count). The second kappa shape index (κ2) is 6.23. The van der Waals surface area contributed by atoms with Crippen molar-refractivity contribution in [3.8, 4) is 0 Å². The summed E-state index contributed by atoms with van der Waals surface area (Å²) in [4.78, 5) is 10.7. The maximum absolute atomic E-state index is 13.7. The molecule has 0 saturated heterocycles. The van der Waals surface area contributed by atoms with E-state index in [2.05, 4.69) is 4.74 Å². The summed E-state index contributed by atoms with van der Waals surface area (Å²) in [6.45, 7) is 2.09. The summed E-state index contributed by atoms with van der Waals surface area (Å²) in [5.74, 6) is -5.22. The summed E-state index contributed by atoms with van der Waals surface area (Å²) in [5.41, 5.74) is -4.70. The van der Waals surface area contributed by atoms with Gasteiger partial charge < -0.3 is 14.9 Å². The first-order valence-electron chi connectivity index (χ1n) is 8.91. The lowest BCUT2D eigenvalue weighted by molar-refractivity contribution is -0.401. The van der Waals surface area contributed by atoms with E-state index in [0.29, 0.717) is 6.42 Å². The van der Waals surface area contributed by atoms with Gasteiger partial charge in [0.2, 0.25) is 0 Å². The van der Waals surface area contributed by atoms with Crippen molar-refractivity contribution in [2.24, 2.45) is 41.4 Å².